The fourth-order valence-corrected chi connectivity index (χ4v) is 3.33. The summed E-state index contributed by atoms with van der Waals surface area (Å²) >= 11 is 0. The summed E-state index contributed by atoms with van der Waals surface area (Å²) in [6, 6.07) is 17.4. The molecule has 2 aromatic carbocycles. The molecule has 1 amide bonds. The van der Waals surface area contributed by atoms with Gasteiger partial charge in [-0.05, 0) is 66.6 Å². The lowest BCUT2D eigenvalue weighted by Crippen LogP contribution is -2.13. The number of benzene rings is 2. The number of carbonyl (C=O) groups excluding carboxylic acids is 1. The van der Waals surface area contributed by atoms with Crippen LogP contribution in [0.25, 0.3) is 11.4 Å². The van der Waals surface area contributed by atoms with E-state index in [1.165, 1.54) is 6.33 Å². The van der Waals surface area contributed by atoms with Crippen LogP contribution in [-0.2, 0) is 11.2 Å². The second-order valence-corrected chi connectivity index (χ2v) is 6.75. The molecular weight excluding hydrogens is 366 g/mol. The maximum Gasteiger partial charge on any atom is 0.224 e. The van der Waals surface area contributed by atoms with Gasteiger partial charge >= 0.3 is 0 Å². The van der Waals surface area contributed by atoms with E-state index in [9.17, 15) is 4.79 Å². The lowest BCUT2D eigenvalue weighted by Gasteiger charge is -2.08. The molecule has 0 fully saturated rings. The van der Waals surface area contributed by atoms with Crippen LogP contribution in [0.4, 0.5) is 5.69 Å². The molecule has 0 radical (unpaired) electrons. The van der Waals surface area contributed by atoms with E-state index in [0.717, 1.165) is 28.3 Å². The molecule has 0 aliphatic rings. The predicted octanol–water partition coefficient (Wildman–Crippen LogP) is 3.04. The van der Waals surface area contributed by atoms with Crippen molar-refractivity contribution in [2.75, 3.05) is 5.32 Å². The number of nitrogens with one attached hydrogen (secondary N) is 1. The molecule has 2 aromatic heterocycles. The smallest absolute Gasteiger partial charge is 0.224 e. The van der Waals surface area contributed by atoms with Gasteiger partial charge in [0.2, 0.25) is 5.91 Å². The van der Waals surface area contributed by atoms with Crippen molar-refractivity contribution in [2.24, 2.45) is 0 Å². The maximum atomic E-state index is 12.5. The Bertz CT molecular complexity index is 1120. The molecule has 0 atom stereocenters. The Morgan fingerprint density at radius 2 is 1.83 bits per heavy atom. The van der Waals surface area contributed by atoms with E-state index in [-0.39, 0.29) is 5.91 Å². The third kappa shape index (κ3) is 4.06. The summed E-state index contributed by atoms with van der Waals surface area (Å²) in [6.45, 7) is 4.02. The standard InChI is InChI=1S/C21H21N7O/c1-15-20(16(2)28(24-15)18-8-4-3-5-9-18)11-12-21(29)23-17-7-6-10-19(13-17)27-14-22-25-26-27/h3-10,13-14H,11-12H2,1-2H3,(H,23,29). The number of aryl methyl sites for hydroxylation is 1. The van der Waals surface area contributed by atoms with Crippen molar-refractivity contribution < 1.29 is 4.79 Å². The van der Waals surface area contributed by atoms with Gasteiger partial charge in [0, 0.05) is 17.8 Å². The highest BCUT2D eigenvalue weighted by Crippen LogP contribution is 2.20. The van der Waals surface area contributed by atoms with Crippen LogP contribution in [0.15, 0.2) is 60.9 Å². The molecule has 8 nitrogen and oxygen atoms in total. The zero-order valence-corrected chi connectivity index (χ0v) is 16.3. The van der Waals surface area contributed by atoms with Gasteiger partial charge in [-0.15, -0.1) is 5.10 Å². The van der Waals surface area contributed by atoms with Gasteiger partial charge in [0.15, 0.2) is 0 Å². The van der Waals surface area contributed by atoms with Gasteiger partial charge in [-0.1, -0.05) is 24.3 Å². The summed E-state index contributed by atoms with van der Waals surface area (Å²) in [7, 11) is 0. The van der Waals surface area contributed by atoms with Crippen LogP contribution in [-0.4, -0.2) is 35.9 Å². The number of rotatable bonds is 6. The Morgan fingerprint density at radius 1 is 1.03 bits per heavy atom. The Balaban J connectivity index is 1.43. The van der Waals surface area contributed by atoms with Crippen LogP contribution in [0.3, 0.4) is 0 Å². The van der Waals surface area contributed by atoms with Gasteiger partial charge < -0.3 is 5.32 Å². The second kappa shape index (κ2) is 8.05. The molecule has 0 saturated heterocycles. The van der Waals surface area contributed by atoms with E-state index >= 15 is 0 Å². The number of hydrogen-bond donors (Lipinski definition) is 1. The Kier molecular flexibility index (Phi) is 5.15. The fraction of sp³-hybridized carbons (Fsp3) is 0.190. The minimum absolute atomic E-state index is 0.0508. The Labute approximate surface area is 168 Å². The summed E-state index contributed by atoms with van der Waals surface area (Å²) < 4.78 is 3.47. The molecule has 4 rings (SSSR count). The van der Waals surface area contributed by atoms with Gasteiger partial charge in [0.25, 0.3) is 0 Å². The van der Waals surface area contributed by atoms with Gasteiger partial charge in [0.1, 0.15) is 6.33 Å². The minimum atomic E-state index is -0.0508. The molecule has 8 heteroatoms. The summed E-state index contributed by atoms with van der Waals surface area (Å²) in [5.74, 6) is -0.0508. The van der Waals surface area contributed by atoms with Crippen LogP contribution in [0.2, 0.25) is 0 Å². The highest BCUT2D eigenvalue weighted by molar-refractivity contribution is 5.91. The number of amides is 1. The van der Waals surface area contributed by atoms with E-state index in [1.54, 1.807) is 4.68 Å². The average molecular weight is 387 g/mol. The van der Waals surface area contributed by atoms with Crippen LogP contribution in [0.5, 0.6) is 0 Å². The number of aromatic nitrogens is 6. The molecule has 0 aliphatic carbocycles. The van der Waals surface area contributed by atoms with Crippen molar-refractivity contribution in [1.29, 1.82) is 0 Å². The van der Waals surface area contributed by atoms with Crippen LogP contribution >= 0.6 is 0 Å². The van der Waals surface area contributed by atoms with Crippen molar-refractivity contribution in [2.45, 2.75) is 26.7 Å². The monoisotopic (exact) mass is 387 g/mol. The van der Waals surface area contributed by atoms with Crippen molar-refractivity contribution in [3.05, 3.63) is 77.9 Å². The first kappa shape index (κ1) is 18.5. The van der Waals surface area contributed by atoms with Crippen molar-refractivity contribution in [3.63, 3.8) is 0 Å². The van der Waals surface area contributed by atoms with Gasteiger partial charge in [-0.3, -0.25) is 4.79 Å². The third-order valence-electron chi connectivity index (χ3n) is 4.79. The van der Waals surface area contributed by atoms with Gasteiger partial charge in [-0.25, -0.2) is 9.36 Å². The largest absolute Gasteiger partial charge is 0.326 e. The van der Waals surface area contributed by atoms with Gasteiger partial charge in [-0.2, -0.15) is 5.10 Å². The highest BCUT2D eigenvalue weighted by Gasteiger charge is 2.14. The van der Waals surface area contributed by atoms with E-state index in [1.807, 2.05) is 73.1 Å². The lowest BCUT2D eigenvalue weighted by atomic mass is 10.1. The van der Waals surface area contributed by atoms with Crippen molar-refractivity contribution in [3.8, 4) is 11.4 Å². The SMILES string of the molecule is Cc1nn(-c2ccccc2)c(C)c1CCC(=O)Nc1cccc(-n2cnnn2)c1. The summed E-state index contributed by atoms with van der Waals surface area (Å²) in [5, 5.41) is 18.7. The van der Waals surface area contributed by atoms with Crippen molar-refractivity contribution in [1.82, 2.24) is 30.0 Å². The molecule has 4 aromatic rings. The molecule has 0 saturated carbocycles. The van der Waals surface area contributed by atoms with E-state index in [2.05, 4.69) is 25.9 Å². The second-order valence-electron chi connectivity index (χ2n) is 6.75. The minimum Gasteiger partial charge on any atom is -0.326 e. The topological polar surface area (TPSA) is 90.5 Å². The molecular formula is C21H21N7O. The fourth-order valence-electron chi connectivity index (χ4n) is 3.33. The average Bonchev–Trinajstić information content (AvgIpc) is 3.36. The molecule has 146 valence electrons. The van der Waals surface area contributed by atoms with E-state index < -0.39 is 0 Å². The summed E-state index contributed by atoms with van der Waals surface area (Å²) in [4.78, 5) is 12.5. The first-order valence-corrected chi connectivity index (χ1v) is 9.35. The number of tetrazole rings is 1. The Morgan fingerprint density at radius 3 is 2.59 bits per heavy atom. The zero-order chi connectivity index (χ0) is 20.2. The number of nitrogens with zero attached hydrogens (tertiary/aromatic N) is 6. The molecule has 29 heavy (non-hydrogen) atoms. The summed E-state index contributed by atoms with van der Waals surface area (Å²) in [5.41, 5.74) is 5.61. The first-order valence-electron chi connectivity index (χ1n) is 9.35. The highest BCUT2D eigenvalue weighted by atomic mass is 16.1. The number of para-hydroxylation sites is 1. The number of anilines is 1. The molecule has 0 bridgehead atoms. The zero-order valence-electron chi connectivity index (χ0n) is 16.3. The number of hydrogen-bond acceptors (Lipinski definition) is 5. The molecule has 0 unspecified atom stereocenters. The lowest BCUT2D eigenvalue weighted by molar-refractivity contribution is -0.116. The first-order chi connectivity index (χ1) is 14.1. The van der Waals surface area contributed by atoms with E-state index in [0.29, 0.717) is 18.5 Å². The molecule has 0 spiro atoms. The normalized spacial score (nSPS) is 10.8. The third-order valence-corrected chi connectivity index (χ3v) is 4.79. The summed E-state index contributed by atoms with van der Waals surface area (Å²) in [6.07, 6.45) is 2.51. The molecule has 0 aliphatic heterocycles. The van der Waals surface area contributed by atoms with Gasteiger partial charge in [0.05, 0.1) is 17.1 Å². The molecule has 2 heterocycles. The Hall–Kier alpha value is -3.81. The predicted molar refractivity (Wildman–Crippen MR) is 109 cm³/mol. The quantitative estimate of drug-likeness (QED) is 0.549. The van der Waals surface area contributed by atoms with Crippen molar-refractivity contribution >= 4 is 11.6 Å². The van der Waals surface area contributed by atoms with Crippen LogP contribution in [0.1, 0.15) is 23.4 Å². The van der Waals surface area contributed by atoms with Crippen LogP contribution < -0.4 is 5.32 Å². The van der Waals surface area contributed by atoms with E-state index in [4.69, 9.17) is 0 Å². The molecule has 1 N–H and O–H groups in total. The maximum absolute atomic E-state index is 12.5. The van der Waals surface area contributed by atoms with Crippen LogP contribution in [0, 0.1) is 13.8 Å². The number of carbonyl (C=O) groups is 1.